The molecular weight excluding hydrogens is 635 g/mol. The third-order valence-corrected chi connectivity index (χ3v) is 9.79. The molecule has 0 saturated heterocycles. The molecular formula is C49H41NO2. The first kappa shape index (κ1) is 34.1. The van der Waals surface area contributed by atoms with Crippen LogP contribution in [0.15, 0.2) is 158 Å². The first-order chi connectivity index (χ1) is 25.2. The van der Waals surface area contributed by atoms with Crippen LogP contribution in [-0.2, 0) is 0 Å². The van der Waals surface area contributed by atoms with Crippen molar-refractivity contribution in [1.29, 1.82) is 0 Å². The Kier molecular flexibility index (Phi) is 9.52. The number of carbonyl (C=O) groups excluding carboxylic acids is 2. The number of ketones is 2. The molecule has 0 atom stereocenters. The molecule has 52 heavy (non-hydrogen) atoms. The van der Waals surface area contributed by atoms with Crippen LogP contribution in [0, 0.1) is 34.6 Å². The van der Waals surface area contributed by atoms with Crippen LogP contribution in [0.4, 0.5) is 17.1 Å². The number of nitrogens with zero attached hydrogens (tertiary/aromatic N) is 1. The van der Waals surface area contributed by atoms with Gasteiger partial charge in [-0.3, -0.25) is 9.59 Å². The van der Waals surface area contributed by atoms with Gasteiger partial charge in [-0.15, -0.1) is 0 Å². The van der Waals surface area contributed by atoms with Crippen LogP contribution in [0.5, 0.6) is 0 Å². The lowest BCUT2D eigenvalue weighted by Crippen LogP contribution is -2.12. The minimum absolute atomic E-state index is 0.0898. The Morgan fingerprint density at radius 3 is 1.13 bits per heavy atom. The predicted octanol–water partition coefficient (Wildman–Crippen LogP) is 12.5. The molecule has 7 rings (SSSR count). The van der Waals surface area contributed by atoms with E-state index >= 15 is 0 Å². The van der Waals surface area contributed by atoms with Gasteiger partial charge >= 0.3 is 0 Å². The molecule has 0 fully saturated rings. The number of aryl methyl sites for hydroxylation is 5. The fourth-order valence-corrected chi connectivity index (χ4v) is 6.73. The van der Waals surface area contributed by atoms with Crippen LogP contribution in [0.3, 0.4) is 0 Å². The molecule has 0 aromatic heterocycles. The highest BCUT2D eigenvalue weighted by molar-refractivity contribution is 6.18. The van der Waals surface area contributed by atoms with Crippen molar-refractivity contribution in [2.24, 2.45) is 0 Å². The summed E-state index contributed by atoms with van der Waals surface area (Å²) in [5, 5.41) is 0. The van der Waals surface area contributed by atoms with Crippen LogP contribution in [0.1, 0.15) is 59.7 Å². The third-order valence-electron chi connectivity index (χ3n) is 9.79. The molecule has 0 bridgehead atoms. The van der Waals surface area contributed by atoms with E-state index in [1.165, 1.54) is 0 Å². The minimum atomic E-state index is -0.0942. The van der Waals surface area contributed by atoms with Crippen LogP contribution in [0.2, 0.25) is 0 Å². The zero-order chi connectivity index (χ0) is 36.4. The Morgan fingerprint density at radius 2 is 0.750 bits per heavy atom. The van der Waals surface area contributed by atoms with E-state index in [2.05, 4.69) is 91.5 Å². The first-order valence-electron chi connectivity index (χ1n) is 17.7. The molecule has 0 amide bonds. The summed E-state index contributed by atoms with van der Waals surface area (Å²) >= 11 is 0. The van der Waals surface area contributed by atoms with Crippen molar-refractivity contribution in [3.63, 3.8) is 0 Å². The number of para-hydroxylation sites is 2. The second kappa shape index (κ2) is 14.5. The van der Waals surface area contributed by atoms with E-state index in [9.17, 15) is 9.59 Å². The minimum Gasteiger partial charge on any atom is -0.310 e. The van der Waals surface area contributed by atoms with Gasteiger partial charge in [0.2, 0.25) is 0 Å². The van der Waals surface area contributed by atoms with Gasteiger partial charge in [-0.05, 0) is 104 Å². The van der Waals surface area contributed by atoms with Crippen molar-refractivity contribution in [2.75, 3.05) is 4.90 Å². The van der Waals surface area contributed by atoms with Gasteiger partial charge < -0.3 is 4.90 Å². The largest absolute Gasteiger partial charge is 0.310 e. The molecule has 7 aromatic carbocycles. The van der Waals surface area contributed by atoms with Gasteiger partial charge in [0, 0.05) is 39.3 Å². The molecule has 0 heterocycles. The summed E-state index contributed by atoms with van der Waals surface area (Å²) in [6.45, 7) is 10.3. The Labute approximate surface area is 306 Å². The van der Waals surface area contributed by atoms with E-state index in [1.807, 2.05) is 106 Å². The van der Waals surface area contributed by atoms with Gasteiger partial charge in [-0.2, -0.15) is 0 Å². The van der Waals surface area contributed by atoms with Gasteiger partial charge in [0.05, 0.1) is 0 Å². The van der Waals surface area contributed by atoms with E-state index in [-0.39, 0.29) is 11.6 Å². The topological polar surface area (TPSA) is 37.4 Å². The summed E-state index contributed by atoms with van der Waals surface area (Å²) in [5.41, 5.74) is 14.2. The van der Waals surface area contributed by atoms with Crippen LogP contribution < -0.4 is 4.90 Å². The molecule has 254 valence electrons. The van der Waals surface area contributed by atoms with Crippen molar-refractivity contribution >= 4 is 28.6 Å². The monoisotopic (exact) mass is 675 g/mol. The first-order valence-corrected chi connectivity index (χ1v) is 17.7. The molecule has 0 N–H and O–H groups in total. The van der Waals surface area contributed by atoms with Crippen molar-refractivity contribution in [1.82, 2.24) is 0 Å². The smallest absolute Gasteiger partial charge is 0.193 e. The average molecular weight is 676 g/mol. The third kappa shape index (κ3) is 6.86. The highest BCUT2D eigenvalue weighted by atomic mass is 16.1. The number of hydrogen-bond acceptors (Lipinski definition) is 3. The summed E-state index contributed by atoms with van der Waals surface area (Å²) in [6, 6.07) is 52.4. The van der Waals surface area contributed by atoms with Gasteiger partial charge in [0.25, 0.3) is 0 Å². The molecule has 0 aliphatic rings. The van der Waals surface area contributed by atoms with Crippen molar-refractivity contribution < 1.29 is 9.59 Å². The summed E-state index contributed by atoms with van der Waals surface area (Å²) in [6.07, 6.45) is 0. The van der Waals surface area contributed by atoms with E-state index in [0.717, 1.165) is 61.6 Å². The Balaban J connectivity index is 1.44. The summed E-state index contributed by atoms with van der Waals surface area (Å²) in [5.74, 6) is -0.184. The standard InChI is InChI=1S/C49H41NO2/c1-32-14-20-37(21-15-32)42-30-45(49(52)40-24-18-34(3)19-25-40)43(31-44(42)48(51)39-22-16-33(2)17-23-39)38-26-28-41(29-27-38)50(46-12-8-6-10-35(46)4)47-13-9-7-11-36(47)5/h6-31H,1-5H3. The second-order valence-corrected chi connectivity index (χ2v) is 13.7. The lowest BCUT2D eigenvalue weighted by Gasteiger charge is -2.28. The van der Waals surface area contributed by atoms with E-state index in [0.29, 0.717) is 27.8 Å². The summed E-state index contributed by atoms with van der Waals surface area (Å²) in [7, 11) is 0. The number of hydrogen-bond donors (Lipinski definition) is 0. The number of benzene rings is 7. The zero-order valence-electron chi connectivity index (χ0n) is 30.3. The molecule has 0 aliphatic heterocycles. The fraction of sp³-hybridized carbons (Fsp3) is 0.102. The number of rotatable bonds is 9. The van der Waals surface area contributed by atoms with E-state index < -0.39 is 0 Å². The molecule has 0 saturated carbocycles. The van der Waals surface area contributed by atoms with Gasteiger partial charge in [-0.25, -0.2) is 0 Å². The Morgan fingerprint density at radius 1 is 0.404 bits per heavy atom. The zero-order valence-corrected chi connectivity index (χ0v) is 30.3. The molecule has 0 radical (unpaired) electrons. The number of carbonyl (C=O) groups is 2. The fourth-order valence-electron chi connectivity index (χ4n) is 6.73. The molecule has 0 spiro atoms. The van der Waals surface area contributed by atoms with Gasteiger partial charge in [0.15, 0.2) is 11.6 Å². The molecule has 0 unspecified atom stereocenters. The predicted molar refractivity (Wildman–Crippen MR) is 215 cm³/mol. The second-order valence-electron chi connectivity index (χ2n) is 13.7. The van der Waals surface area contributed by atoms with Crippen molar-refractivity contribution in [2.45, 2.75) is 34.6 Å². The molecule has 3 heteroatoms. The summed E-state index contributed by atoms with van der Waals surface area (Å²) < 4.78 is 0. The maximum atomic E-state index is 14.5. The van der Waals surface area contributed by atoms with Crippen molar-refractivity contribution in [3.8, 4) is 22.3 Å². The quantitative estimate of drug-likeness (QED) is 0.143. The lowest BCUT2D eigenvalue weighted by atomic mass is 9.85. The van der Waals surface area contributed by atoms with Crippen molar-refractivity contribution in [3.05, 3.63) is 208 Å². The normalized spacial score (nSPS) is 10.9. The highest BCUT2D eigenvalue weighted by Crippen LogP contribution is 2.40. The summed E-state index contributed by atoms with van der Waals surface area (Å²) in [4.78, 5) is 31.2. The maximum absolute atomic E-state index is 14.5. The van der Waals surface area contributed by atoms with Gasteiger partial charge in [-0.1, -0.05) is 138 Å². The number of anilines is 3. The van der Waals surface area contributed by atoms with Crippen LogP contribution in [0.25, 0.3) is 22.3 Å². The maximum Gasteiger partial charge on any atom is 0.193 e. The van der Waals surface area contributed by atoms with Gasteiger partial charge in [0.1, 0.15) is 0 Å². The average Bonchev–Trinajstić information content (AvgIpc) is 3.16. The SMILES string of the molecule is Cc1ccc(C(=O)c2cc(-c3ccc(N(c4ccccc4C)c4ccccc4C)cc3)c(C(=O)c3ccc(C)cc3)cc2-c2ccc(C)cc2)cc1. The lowest BCUT2D eigenvalue weighted by molar-refractivity contribution is 0.102. The Hall–Kier alpha value is -6.32. The molecule has 0 aliphatic carbocycles. The molecule has 7 aromatic rings. The van der Waals surface area contributed by atoms with E-state index in [4.69, 9.17) is 0 Å². The highest BCUT2D eigenvalue weighted by Gasteiger charge is 2.24. The van der Waals surface area contributed by atoms with Crippen LogP contribution >= 0.6 is 0 Å². The van der Waals surface area contributed by atoms with Crippen LogP contribution in [-0.4, -0.2) is 11.6 Å². The Bertz CT molecular complexity index is 2360. The van der Waals surface area contributed by atoms with E-state index in [1.54, 1.807) is 0 Å². The molecule has 3 nitrogen and oxygen atoms in total.